The molecule has 0 fully saturated rings. The lowest BCUT2D eigenvalue weighted by Crippen LogP contribution is -2.14. The summed E-state index contributed by atoms with van der Waals surface area (Å²) in [4.78, 5) is 29.6. The van der Waals surface area contributed by atoms with E-state index in [1.807, 2.05) is 12.1 Å². The van der Waals surface area contributed by atoms with Crippen molar-refractivity contribution in [2.45, 2.75) is 12.6 Å². The average molecular weight is 498 g/mol. The molecule has 5 rings (SSSR count). The maximum Gasteiger partial charge on any atom is 0.417 e. The van der Waals surface area contributed by atoms with Gasteiger partial charge in [-0.2, -0.15) is 18.2 Å². The summed E-state index contributed by atoms with van der Waals surface area (Å²) >= 11 is 2.10. The number of nitrogens with one attached hydrogen (secondary N) is 1. The zero-order valence-corrected chi connectivity index (χ0v) is 18.8. The van der Waals surface area contributed by atoms with Gasteiger partial charge in [0.15, 0.2) is 10.8 Å². The molecule has 0 bridgehead atoms. The lowest BCUT2D eigenvalue weighted by molar-refractivity contribution is -0.136. The van der Waals surface area contributed by atoms with Gasteiger partial charge >= 0.3 is 6.18 Å². The Morgan fingerprint density at radius 2 is 1.76 bits per heavy atom. The van der Waals surface area contributed by atoms with E-state index in [4.69, 9.17) is 0 Å². The molecule has 0 unspecified atom stereocenters. The van der Waals surface area contributed by atoms with E-state index in [1.165, 1.54) is 11.3 Å². The summed E-state index contributed by atoms with van der Waals surface area (Å²) in [6.45, 7) is 0. The summed E-state index contributed by atoms with van der Waals surface area (Å²) in [5, 5.41) is 5.05. The first-order valence-electron chi connectivity index (χ1n) is 9.97. The average Bonchev–Trinajstić information content (AvgIpc) is 3.45. The van der Waals surface area contributed by atoms with Gasteiger partial charge in [-0.1, -0.05) is 47.7 Å². The molecule has 4 heterocycles. The highest BCUT2D eigenvalue weighted by Gasteiger charge is 2.35. The second-order valence-corrected chi connectivity index (χ2v) is 9.03. The number of nitrogens with zero attached hydrogens (tertiary/aromatic N) is 4. The van der Waals surface area contributed by atoms with Gasteiger partial charge in [0.25, 0.3) is 0 Å². The molecule has 0 saturated heterocycles. The zero-order valence-electron chi connectivity index (χ0n) is 17.2. The molecule has 0 saturated carbocycles. The number of aromatic nitrogens is 4. The molecule has 0 aliphatic rings. The molecule has 1 amide bonds. The summed E-state index contributed by atoms with van der Waals surface area (Å²) in [6.07, 6.45) is -2.99. The third-order valence-corrected chi connectivity index (χ3v) is 6.67. The van der Waals surface area contributed by atoms with Crippen molar-refractivity contribution in [3.8, 4) is 22.0 Å². The first kappa shape index (κ1) is 22.1. The van der Waals surface area contributed by atoms with Crippen molar-refractivity contribution in [1.29, 1.82) is 0 Å². The minimum atomic E-state index is -4.60. The molecule has 0 radical (unpaired) electrons. The van der Waals surface area contributed by atoms with Crippen molar-refractivity contribution in [2.24, 2.45) is 0 Å². The number of hydrogen-bond acceptors (Lipinski definition) is 7. The number of alkyl halides is 3. The summed E-state index contributed by atoms with van der Waals surface area (Å²) in [5.74, 6) is -0.436. The second kappa shape index (κ2) is 8.92. The molecule has 1 N–H and O–H groups in total. The molecule has 34 heavy (non-hydrogen) atoms. The van der Waals surface area contributed by atoms with Crippen LogP contribution in [0.5, 0.6) is 0 Å². The number of rotatable bonds is 5. The molecule has 11 heteroatoms. The van der Waals surface area contributed by atoms with Crippen LogP contribution in [0.25, 0.3) is 32.3 Å². The van der Waals surface area contributed by atoms with Crippen molar-refractivity contribution in [3.05, 3.63) is 77.4 Å². The molecule has 4 aromatic heterocycles. The smallest absolute Gasteiger partial charge is 0.302 e. The normalized spacial score (nSPS) is 11.6. The first-order valence-corrected chi connectivity index (χ1v) is 11.7. The lowest BCUT2D eigenvalue weighted by atomic mass is 10.1. The van der Waals surface area contributed by atoms with Crippen molar-refractivity contribution >= 4 is 44.1 Å². The van der Waals surface area contributed by atoms with Crippen molar-refractivity contribution in [2.75, 3.05) is 5.32 Å². The Hall–Kier alpha value is -3.70. The van der Waals surface area contributed by atoms with Gasteiger partial charge in [0.05, 0.1) is 33.8 Å². The minimum absolute atomic E-state index is 0.0448. The van der Waals surface area contributed by atoms with Gasteiger partial charge in [0, 0.05) is 17.1 Å². The molecule has 0 spiro atoms. The van der Waals surface area contributed by atoms with Crippen LogP contribution < -0.4 is 5.32 Å². The number of anilines is 1. The standard InChI is InChI=1S/C23H14F3N5OS2/c24-23(25,26)15-11-17(13-6-2-1-3-7-13)29-20-19(15)34-22(31-20)30-18(32)10-14-12-33-21(28-14)16-8-4-5-9-27-16/h1-9,11-12H,10H2,(H,29,30,31,32). The molecule has 0 aliphatic carbocycles. The van der Waals surface area contributed by atoms with E-state index in [1.54, 1.807) is 48.0 Å². The van der Waals surface area contributed by atoms with E-state index in [2.05, 4.69) is 25.3 Å². The Morgan fingerprint density at radius 3 is 2.50 bits per heavy atom. The molecular weight excluding hydrogens is 483 g/mol. The Morgan fingerprint density at radius 1 is 0.971 bits per heavy atom. The van der Waals surface area contributed by atoms with Gasteiger partial charge < -0.3 is 5.32 Å². The second-order valence-electron chi connectivity index (χ2n) is 7.17. The highest BCUT2D eigenvalue weighted by Crippen LogP contribution is 2.40. The quantitative estimate of drug-likeness (QED) is 0.318. The topological polar surface area (TPSA) is 80.7 Å². The number of carbonyl (C=O) groups is 1. The third kappa shape index (κ3) is 4.66. The van der Waals surface area contributed by atoms with Crippen LogP contribution in [0.4, 0.5) is 18.3 Å². The number of hydrogen-bond donors (Lipinski definition) is 1. The molecule has 1 aromatic carbocycles. The monoisotopic (exact) mass is 497 g/mol. The van der Waals surface area contributed by atoms with Crippen LogP contribution in [0.3, 0.4) is 0 Å². The highest BCUT2D eigenvalue weighted by atomic mass is 32.1. The van der Waals surface area contributed by atoms with Crippen LogP contribution in [-0.4, -0.2) is 25.8 Å². The van der Waals surface area contributed by atoms with E-state index in [9.17, 15) is 18.0 Å². The highest BCUT2D eigenvalue weighted by molar-refractivity contribution is 7.22. The van der Waals surface area contributed by atoms with E-state index in [0.29, 0.717) is 22.0 Å². The Balaban J connectivity index is 1.40. The predicted molar refractivity (Wildman–Crippen MR) is 126 cm³/mol. The molecule has 5 aromatic rings. The largest absolute Gasteiger partial charge is 0.417 e. The Kier molecular flexibility index (Phi) is 5.80. The number of benzene rings is 1. The zero-order chi connectivity index (χ0) is 23.7. The molecule has 6 nitrogen and oxygen atoms in total. The van der Waals surface area contributed by atoms with Gasteiger partial charge in [-0.3, -0.25) is 9.78 Å². The van der Waals surface area contributed by atoms with Gasteiger partial charge in [-0.05, 0) is 18.2 Å². The lowest BCUT2D eigenvalue weighted by Gasteiger charge is -2.09. The number of fused-ring (bicyclic) bond motifs is 1. The van der Waals surface area contributed by atoms with Gasteiger partial charge in [-0.15, -0.1) is 11.3 Å². The first-order chi connectivity index (χ1) is 16.4. The molecule has 0 aliphatic heterocycles. The van der Waals surface area contributed by atoms with E-state index in [0.717, 1.165) is 17.4 Å². The number of pyridine rings is 2. The van der Waals surface area contributed by atoms with Crippen molar-refractivity contribution in [1.82, 2.24) is 19.9 Å². The summed E-state index contributed by atoms with van der Waals surface area (Å²) in [5.41, 5.74) is 1.03. The minimum Gasteiger partial charge on any atom is -0.302 e. The Labute approximate surface area is 199 Å². The maximum absolute atomic E-state index is 13.8. The van der Waals surface area contributed by atoms with Gasteiger partial charge in [-0.25, -0.2) is 9.97 Å². The fourth-order valence-corrected chi connectivity index (χ4v) is 5.01. The van der Waals surface area contributed by atoms with Crippen molar-refractivity contribution in [3.63, 3.8) is 0 Å². The van der Waals surface area contributed by atoms with Crippen LogP contribution in [0.1, 0.15) is 11.3 Å². The van der Waals surface area contributed by atoms with E-state index >= 15 is 0 Å². The van der Waals surface area contributed by atoms with Gasteiger partial charge in [0.2, 0.25) is 5.91 Å². The maximum atomic E-state index is 13.8. The summed E-state index contributed by atoms with van der Waals surface area (Å²) < 4.78 is 41.2. The van der Waals surface area contributed by atoms with Crippen LogP contribution in [-0.2, 0) is 17.4 Å². The van der Waals surface area contributed by atoms with Crippen LogP contribution in [0.15, 0.2) is 66.2 Å². The Bertz CT molecular complexity index is 1470. The number of amides is 1. The third-order valence-electron chi connectivity index (χ3n) is 4.76. The van der Waals surface area contributed by atoms with Crippen LogP contribution in [0.2, 0.25) is 0 Å². The molecule has 0 atom stereocenters. The van der Waals surface area contributed by atoms with E-state index < -0.39 is 17.6 Å². The molecular formula is C23H14F3N5OS2. The van der Waals surface area contributed by atoms with Crippen LogP contribution >= 0.6 is 22.7 Å². The summed E-state index contributed by atoms with van der Waals surface area (Å²) in [6, 6.07) is 15.0. The molecule has 170 valence electrons. The number of halogens is 3. The number of thiazole rings is 2. The SMILES string of the molecule is O=C(Cc1csc(-c2ccccn2)n1)Nc1nc2nc(-c3ccccc3)cc(C(F)(F)F)c2s1. The van der Waals surface area contributed by atoms with E-state index in [-0.39, 0.29) is 27.6 Å². The predicted octanol–water partition coefficient (Wildman–Crippen LogP) is 6.08. The van der Waals surface area contributed by atoms with Crippen molar-refractivity contribution < 1.29 is 18.0 Å². The number of carbonyl (C=O) groups excluding carboxylic acids is 1. The summed E-state index contributed by atoms with van der Waals surface area (Å²) in [7, 11) is 0. The fraction of sp³-hybridized carbons (Fsp3) is 0.0870. The fourth-order valence-electron chi connectivity index (χ4n) is 3.26. The van der Waals surface area contributed by atoms with Gasteiger partial charge in [0.1, 0.15) is 5.01 Å². The van der Waals surface area contributed by atoms with Crippen LogP contribution in [0, 0.1) is 0 Å².